The Morgan fingerprint density at radius 2 is 1.75 bits per heavy atom. The third kappa shape index (κ3) is 3.88. The van der Waals surface area contributed by atoms with Crippen LogP contribution < -0.4 is 16.0 Å². The van der Waals surface area contributed by atoms with Gasteiger partial charge in [0.1, 0.15) is 5.82 Å². The molecule has 3 N–H and O–H groups in total. The van der Waals surface area contributed by atoms with Gasteiger partial charge in [-0.1, -0.05) is 11.6 Å². The van der Waals surface area contributed by atoms with Crippen LogP contribution in [0.25, 0.3) is 0 Å². The van der Waals surface area contributed by atoms with E-state index < -0.39 is 23.5 Å². The summed E-state index contributed by atoms with van der Waals surface area (Å²) in [6.07, 6.45) is 0. The van der Waals surface area contributed by atoms with Crippen LogP contribution in [0.3, 0.4) is 0 Å². The van der Waals surface area contributed by atoms with Crippen molar-refractivity contribution >= 4 is 46.4 Å². The number of hydrogen-bond donors (Lipinski definition) is 2. The van der Waals surface area contributed by atoms with Crippen molar-refractivity contribution in [3.05, 3.63) is 53.3 Å². The normalized spacial score (nSPS) is 10.1. The molecule has 124 valence electrons. The highest BCUT2D eigenvalue weighted by Crippen LogP contribution is 2.20. The highest BCUT2D eigenvalue weighted by atomic mass is 35.5. The molecule has 0 heterocycles. The molecule has 0 saturated carbocycles. The largest absolute Gasteiger partial charge is 0.399 e. The maximum atomic E-state index is 13.1. The Balaban J connectivity index is 2.22. The summed E-state index contributed by atoms with van der Waals surface area (Å²) in [4.78, 5) is 36.8. The maximum Gasteiger partial charge on any atom is 0.323 e. The Bertz CT molecular complexity index is 809. The SMILES string of the molecule is CC(=O)N(C(=O)C(=O)Nc1ccc(F)c(Cl)c1)c1ccc(N)cc1. The fraction of sp³-hybridized carbons (Fsp3) is 0.0625. The number of amides is 3. The molecule has 0 bridgehead atoms. The fourth-order valence-electron chi connectivity index (χ4n) is 1.93. The van der Waals surface area contributed by atoms with E-state index in [1.54, 1.807) is 0 Å². The summed E-state index contributed by atoms with van der Waals surface area (Å²) in [5.74, 6) is -3.46. The number of nitrogens with zero attached hydrogens (tertiary/aromatic N) is 1. The molecule has 8 heteroatoms. The van der Waals surface area contributed by atoms with Crippen LogP contribution in [0, 0.1) is 5.82 Å². The molecule has 0 aromatic heterocycles. The van der Waals surface area contributed by atoms with E-state index in [1.165, 1.54) is 30.3 Å². The molecule has 0 spiro atoms. The summed E-state index contributed by atoms with van der Waals surface area (Å²) >= 11 is 5.61. The third-order valence-corrected chi connectivity index (χ3v) is 3.33. The first-order valence-electron chi connectivity index (χ1n) is 6.76. The summed E-state index contributed by atoms with van der Waals surface area (Å²) in [5.41, 5.74) is 6.33. The van der Waals surface area contributed by atoms with E-state index in [2.05, 4.69) is 5.32 Å². The molecule has 2 rings (SSSR count). The van der Waals surface area contributed by atoms with Gasteiger partial charge in [0, 0.05) is 18.3 Å². The van der Waals surface area contributed by atoms with Crippen LogP contribution in [0.1, 0.15) is 6.92 Å². The number of nitrogens with one attached hydrogen (secondary N) is 1. The van der Waals surface area contributed by atoms with Crippen LogP contribution in [0.15, 0.2) is 42.5 Å². The summed E-state index contributed by atoms with van der Waals surface area (Å²) < 4.78 is 13.1. The highest BCUT2D eigenvalue weighted by molar-refractivity contribution is 6.48. The van der Waals surface area contributed by atoms with Crippen molar-refractivity contribution in [1.82, 2.24) is 0 Å². The fourth-order valence-corrected chi connectivity index (χ4v) is 2.11. The average Bonchev–Trinajstić information content (AvgIpc) is 2.52. The van der Waals surface area contributed by atoms with Crippen molar-refractivity contribution in [3.63, 3.8) is 0 Å². The second kappa shape index (κ2) is 7.10. The number of carbonyl (C=O) groups excluding carboxylic acids is 3. The molecule has 0 unspecified atom stereocenters. The minimum absolute atomic E-state index is 0.126. The predicted octanol–water partition coefficient (Wildman–Crippen LogP) is 2.58. The van der Waals surface area contributed by atoms with Crippen LogP contribution >= 0.6 is 11.6 Å². The van der Waals surface area contributed by atoms with Gasteiger partial charge in [0.25, 0.3) is 0 Å². The van der Waals surface area contributed by atoms with E-state index >= 15 is 0 Å². The van der Waals surface area contributed by atoms with Gasteiger partial charge in [-0.25, -0.2) is 9.29 Å². The van der Waals surface area contributed by atoms with Crippen molar-refractivity contribution in [2.24, 2.45) is 0 Å². The van der Waals surface area contributed by atoms with Gasteiger partial charge < -0.3 is 11.1 Å². The molecule has 2 aromatic rings. The van der Waals surface area contributed by atoms with Crippen molar-refractivity contribution in [2.75, 3.05) is 16.0 Å². The van der Waals surface area contributed by atoms with Gasteiger partial charge >= 0.3 is 11.8 Å². The number of imide groups is 1. The van der Waals surface area contributed by atoms with Gasteiger partial charge in [-0.15, -0.1) is 0 Å². The van der Waals surface area contributed by atoms with E-state index in [0.29, 0.717) is 10.6 Å². The zero-order valence-electron chi connectivity index (χ0n) is 12.5. The minimum atomic E-state index is -1.09. The van der Waals surface area contributed by atoms with E-state index in [1.807, 2.05) is 0 Å². The molecule has 0 atom stereocenters. The van der Waals surface area contributed by atoms with E-state index in [0.717, 1.165) is 19.1 Å². The lowest BCUT2D eigenvalue weighted by Crippen LogP contribution is -2.42. The van der Waals surface area contributed by atoms with E-state index in [-0.39, 0.29) is 16.4 Å². The molecular formula is C16H13ClFN3O3. The minimum Gasteiger partial charge on any atom is -0.399 e. The first-order valence-corrected chi connectivity index (χ1v) is 7.14. The van der Waals surface area contributed by atoms with E-state index in [4.69, 9.17) is 17.3 Å². The second-order valence-electron chi connectivity index (χ2n) is 4.83. The molecule has 24 heavy (non-hydrogen) atoms. The zero-order valence-corrected chi connectivity index (χ0v) is 13.3. The molecule has 3 amide bonds. The highest BCUT2D eigenvalue weighted by Gasteiger charge is 2.27. The standard InChI is InChI=1S/C16H13ClFN3O3/c1-9(22)21(12-5-2-10(19)3-6-12)16(24)15(23)20-11-4-7-14(18)13(17)8-11/h2-8H,19H2,1H3,(H,20,23). The molecule has 0 aliphatic rings. The molecule has 0 fully saturated rings. The molecular weight excluding hydrogens is 337 g/mol. The average molecular weight is 350 g/mol. The second-order valence-corrected chi connectivity index (χ2v) is 5.24. The van der Waals surface area contributed by atoms with Crippen molar-refractivity contribution in [3.8, 4) is 0 Å². The molecule has 2 aromatic carbocycles. The van der Waals surface area contributed by atoms with Gasteiger partial charge in [0.2, 0.25) is 5.91 Å². The Kier molecular flexibility index (Phi) is 5.15. The number of nitrogen functional groups attached to an aromatic ring is 1. The van der Waals surface area contributed by atoms with Crippen LogP contribution in [-0.2, 0) is 14.4 Å². The number of rotatable bonds is 2. The van der Waals surface area contributed by atoms with Gasteiger partial charge in [0.05, 0.1) is 10.7 Å². The molecule has 0 aliphatic carbocycles. The first-order chi connectivity index (χ1) is 11.3. The summed E-state index contributed by atoms with van der Waals surface area (Å²) in [5, 5.41) is 2.06. The summed E-state index contributed by atoms with van der Waals surface area (Å²) in [6, 6.07) is 9.32. The lowest BCUT2D eigenvalue weighted by Gasteiger charge is -2.18. The lowest BCUT2D eigenvalue weighted by atomic mass is 10.2. The summed E-state index contributed by atoms with van der Waals surface area (Å²) in [6.45, 7) is 1.15. The molecule has 6 nitrogen and oxygen atoms in total. The van der Waals surface area contributed by atoms with Crippen molar-refractivity contribution in [2.45, 2.75) is 6.92 Å². The van der Waals surface area contributed by atoms with E-state index in [9.17, 15) is 18.8 Å². The van der Waals surface area contributed by atoms with Crippen LogP contribution in [0.4, 0.5) is 21.5 Å². The number of hydrogen-bond acceptors (Lipinski definition) is 4. The smallest absolute Gasteiger partial charge is 0.323 e. The molecule has 0 aliphatic heterocycles. The van der Waals surface area contributed by atoms with Gasteiger partial charge in [-0.3, -0.25) is 14.4 Å². The van der Waals surface area contributed by atoms with Crippen LogP contribution in [0.2, 0.25) is 5.02 Å². The first kappa shape index (κ1) is 17.4. The quantitative estimate of drug-likeness (QED) is 0.643. The van der Waals surface area contributed by atoms with Gasteiger partial charge in [-0.2, -0.15) is 0 Å². The van der Waals surface area contributed by atoms with Crippen molar-refractivity contribution in [1.29, 1.82) is 0 Å². The zero-order chi connectivity index (χ0) is 17.9. The Hall–Kier alpha value is -2.93. The topological polar surface area (TPSA) is 92.5 Å². The van der Waals surface area contributed by atoms with Crippen molar-refractivity contribution < 1.29 is 18.8 Å². The molecule has 0 saturated heterocycles. The number of halogens is 2. The lowest BCUT2D eigenvalue weighted by molar-refractivity contribution is -0.136. The number of benzene rings is 2. The Labute approximate surface area is 142 Å². The Morgan fingerprint density at radius 1 is 1.12 bits per heavy atom. The van der Waals surface area contributed by atoms with Crippen LogP contribution in [0.5, 0.6) is 0 Å². The molecule has 0 radical (unpaired) electrons. The van der Waals surface area contributed by atoms with Gasteiger partial charge in [-0.05, 0) is 42.5 Å². The number of anilines is 3. The number of nitrogens with two attached hydrogens (primary N) is 1. The van der Waals surface area contributed by atoms with Crippen LogP contribution in [-0.4, -0.2) is 17.7 Å². The predicted molar refractivity (Wildman–Crippen MR) is 89.1 cm³/mol. The number of carbonyl (C=O) groups is 3. The Morgan fingerprint density at radius 3 is 2.29 bits per heavy atom. The third-order valence-electron chi connectivity index (χ3n) is 3.04. The monoisotopic (exact) mass is 349 g/mol. The maximum absolute atomic E-state index is 13.1. The summed E-state index contributed by atoms with van der Waals surface area (Å²) in [7, 11) is 0. The van der Waals surface area contributed by atoms with Gasteiger partial charge in [0.15, 0.2) is 0 Å².